The van der Waals surface area contributed by atoms with Crippen molar-refractivity contribution in [2.24, 2.45) is 5.92 Å². The van der Waals surface area contributed by atoms with Gasteiger partial charge in [-0.05, 0) is 38.1 Å². The monoisotopic (exact) mass is 365 g/mol. The van der Waals surface area contributed by atoms with Crippen LogP contribution in [0, 0.1) is 11.7 Å². The highest BCUT2D eigenvalue weighted by Crippen LogP contribution is 2.22. The predicted octanol–water partition coefficient (Wildman–Crippen LogP) is 3.21. The molecule has 0 aliphatic carbocycles. The number of aromatic nitrogens is 2. The van der Waals surface area contributed by atoms with Crippen molar-refractivity contribution < 1.29 is 19.1 Å². The highest BCUT2D eigenvalue weighted by molar-refractivity contribution is 7.99. The van der Waals surface area contributed by atoms with Gasteiger partial charge in [0.1, 0.15) is 5.82 Å². The van der Waals surface area contributed by atoms with Crippen molar-refractivity contribution in [3.63, 3.8) is 0 Å². The van der Waals surface area contributed by atoms with Crippen LogP contribution in [0.25, 0.3) is 0 Å². The van der Waals surface area contributed by atoms with E-state index in [9.17, 15) is 19.1 Å². The van der Waals surface area contributed by atoms with Crippen LogP contribution in [0.3, 0.4) is 0 Å². The summed E-state index contributed by atoms with van der Waals surface area (Å²) in [6.45, 7) is 4.84. The number of carboxylic acids is 1. The van der Waals surface area contributed by atoms with Crippen LogP contribution < -0.4 is 5.32 Å². The molecule has 25 heavy (non-hydrogen) atoms. The maximum Gasteiger partial charge on any atom is 0.331 e. The summed E-state index contributed by atoms with van der Waals surface area (Å²) in [7, 11) is 0. The van der Waals surface area contributed by atoms with Crippen molar-refractivity contribution in [1.82, 2.24) is 9.78 Å². The van der Waals surface area contributed by atoms with Crippen molar-refractivity contribution in [1.29, 1.82) is 0 Å². The topological polar surface area (TPSA) is 84.2 Å². The van der Waals surface area contributed by atoms with E-state index in [1.165, 1.54) is 54.8 Å². The van der Waals surface area contributed by atoms with Crippen LogP contribution in [0.15, 0.2) is 41.6 Å². The second-order valence-electron chi connectivity index (χ2n) is 6.19. The summed E-state index contributed by atoms with van der Waals surface area (Å²) in [5.74, 6) is -1.26. The molecule has 1 aromatic heterocycles. The third kappa shape index (κ3) is 4.82. The van der Waals surface area contributed by atoms with Gasteiger partial charge in [0, 0.05) is 22.8 Å². The molecule has 0 aliphatic rings. The van der Waals surface area contributed by atoms with Crippen molar-refractivity contribution in [2.45, 2.75) is 31.2 Å². The molecule has 1 unspecified atom stereocenters. The number of halogens is 1. The van der Waals surface area contributed by atoms with Gasteiger partial charge in [-0.2, -0.15) is 5.10 Å². The number of aliphatic carboxylic acids is 1. The van der Waals surface area contributed by atoms with Gasteiger partial charge in [-0.25, -0.2) is 9.18 Å². The molecule has 2 aromatic rings. The third-order valence-corrected chi connectivity index (χ3v) is 4.98. The lowest BCUT2D eigenvalue weighted by Gasteiger charge is -2.19. The zero-order valence-corrected chi connectivity index (χ0v) is 15.0. The Morgan fingerprint density at radius 3 is 2.60 bits per heavy atom. The average Bonchev–Trinajstić information content (AvgIpc) is 3.03. The summed E-state index contributed by atoms with van der Waals surface area (Å²) in [6.07, 6.45) is 2.91. The van der Waals surface area contributed by atoms with Crippen molar-refractivity contribution in [3.05, 3.63) is 42.5 Å². The van der Waals surface area contributed by atoms with E-state index in [2.05, 4.69) is 10.4 Å². The molecule has 0 bridgehead atoms. The first-order chi connectivity index (χ1) is 11.7. The van der Waals surface area contributed by atoms with Gasteiger partial charge in [0.2, 0.25) is 5.91 Å². The van der Waals surface area contributed by atoms with Crippen molar-refractivity contribution in [3.8, 4) is 0 Å². The van der Waals surface area contributed by atoms with Crippen molar-refractivity contribution in [2.75, 3.05) is 11.1 Å². The van der Waals surface area contributed by atoms with Gasteiger partial charge in [0.05, 0.1) is 11.9 Å². The van der Waals surface area contributed by atoms with Crippen LogP contribution in [0.5, 0.6) is 0 Å². The molecule has 6 nitrogen and oxygen atoms in total. The van der Waals surface area contributed by atoms with E-state index in [0.717, 1.165) is 4.90 Å². The molecule has 0 fully saturated rings. The molecular formula is C17H20FN3O3S. The maximum atomic E-state index is 12.9. The lowest BCUT2D eigenvalue weighted by molar-refractivity contribution is -0.146. The van der Waals surface area contributed by atoms with E-state index in [1.54, 1.807) is 19.1 Å². The van der Waals surface area contributed by atoms with Gasteiger partial charge in [-0.3, -0.25) is 9.48 Å². The number of carboxylic acid groups (broad SMARTS) is 1. The van der Waals surface area contributed by atoms with Crippen LogP contribution in [0.4, 0.5) is 10.1 Å². The van der Waals surface area contributed by atoms with Crippen LogP contribution >= 0.6 is 11.8 Å². The molecule has 134 valence electrons. The molecular weight excluding hydrogens is 345 g/mol. The molecule has 1 amide bonds. The normalized spacial score (nSPS) is 12.6. The number of carbonyl (C=O) groups excluding carboxylic acids is 1. The van der Waals surface area contributed by atoms with Gasteiger partial charge >= 0.3 is 5.97 Å². The molecule has 2 rings (SSSR count). The maximum absolute atomic E-state index is 12.9. The molecule has 0 saturated heterocycles. The SMILES string of the molecule is CC(CSc1ccc(F)cc1)C(=O)Nc1cnn(C(C)(C)C(=O)O)c1. The largest absolute Gasteiger partial charge is 0.479 e. The Kier molecular flexibility index (Phi) is 5.84. The van der Waals surface area contributed by atoms with Crippen LogP contribution in [0.2, 0.25) is 0 Å². The summed E-state index contributed by atoms with van der Waals surface area (Å²) in [6, 6.07) is 6.10. The molecule has 1 aromatic carbocycles. The number of carbonyl (C=O) groups is 2. The molecule has 0 spiro atoms. The van der Waals surface area contributed by atoms with Crippen LogP contribution in [0.1, 0.15) is 20.8 Å². The Morgan fingerprint density at radius 2 is 2.00 bits per heavy atom. The molecule has 1 heterocycles. The number of amides is 1. The summed E-state index contributed by atoms with van der Waals surface area (Å²) < 4.78 is 14.2. The number of rotatable bonds is 7. The zero-order valence-electron chi connectivity index (χ0n) is 14.2. The second kappa shape index (κ2) is 7.69. The second-order valence-corrected chi connectivity index (χ2v) is 7.29. The highest BCUT2D eigenvalue weighted by atomic mass is 32.2. The minimum atomic E-state index is -1.20. The first-order valence-electron chi connectivity index (χ1n) is 7.68. The fraction of sp³-hybridized carbons (Fsp3) is 0.353. The highest BCUT2D eigenvalue weighted by Gasteiger charge is 2.30. The number of benzene rings is 1. The Hall–Kier alpha value is -2.35. The minimum absolute atomic E-state index is 0.192. The average molecular weight is 365 g/mol. The van der Waals surface area contributed by atoms with E-state index in [4.69, 9.17) is 0 Å². The van der Waals surface area contributed by atoms with E-state index in [0.29, 0.717) is 11.4 Å². The van der Waals surface area contributed by atoms with Crippen LogP contribution in [-0.2, 0) is 15.1 Å². The minimum Gasteiger partial charge on any atom is -0.479 e. The van der Waals surface area contributed by atoms with E-state index in [1.807, 2.05) is 0 Å². The van der Waals surface area contributed by atoms with Gasteiger partial charge in [0.25, 0.3) is 0 Å². The lowest BCUT2D eigenvalue weighted by atomic mass is 10.1. The molecule has 2 N–H and O–H groups in total. The Bertz CT molecular complexity index is 759. The number of hydrogen-bond donors (Lipinski definition) is 2. The molecule has 1 atom stereocenters. The summed E-state index contributed by atoms with van der Waals surface area (Å²) in [4.78, 5) is 24.4. The fourth-order valence-electron chi connectivity index (χ4n) is 1.88. The van der Waals surface area contributed by atoms with Gasteiger partial charge < -0.3 is 10.4 Å². The first kappa shape index (κ1) is 19.0. The Morgan fingerprint density at radius 1 is 1.36 bits per heavy atom. The van der Waals surface area contributed by atoms with Gasteiger partial charge in [-0.15, -0.1) is 11.8 Å². The fourth-order valence-corrected chi connectivity index (χ4v) is 2.81. The zero-order chi connectivity index (χ0) is 18.6. The number of anilines is 1. The number of nitrogens with zero attached hydrogens (tertiary/aromatic N) is 2. The van der Waals surface area contributed by atoms with E-state index in [-0.39, 0.29) is 17.6 Å². The summed E-state index contributed by atoms with van der Waals surface area (Å²) >= 11 is 1.46. The lowest BCUT2D eigenvalue weighted by Crippen LogP contribution is -2.35. The predicted molar refractivity (Wildman–Crippen MR) is 94.1 cm³/mol. The Labute approximate surface area is 149 Å². The summed E-state index contributed by atoms with van der Waals surface area (Å²) in [5.41, 5.74) is -0.759. The molecule has 0 radical (unpaired) electrons. The standard InChI is InChI=1S/C17H20FN3O3S/c1-11(10-25-14-6-4-12(18)5-7-14)15(22)20-13-8-19-21(9-13)17(2,3)16(23)24/h4-9,11H,10H2,1-3H3,(H,20,22)(H,23,24). The molecule has 0 saturated carbocycles. The summed E-state index contributed by atoms with van der Waals surface area (Å²) in [5, 5.41) is 15.9. The van der Waals surface area contributed by atoms with Crippen LogP contribution in [-0.4, -0.2) is 32.5 Å². The van der Waals surface area contributed by atoms with E-state index < -0.39 is 11.5 Å². The Balaban J connectivity index is 1.92. The number of nitrogens with one attached hydrogen (secondary N) is 1. The quantitative estimate of drug-likeness (QED) is 0.736. The number of hydrogen-bond acceptors (Lipinski definition) is 4. The molecule has 8 heteroatoms. The van der Waals surface area contributed by atoms with Gasteiger partial charge in [-0.1, -0.05) is 6.92 Å². The van der Waals surface area contributed by atoms with Gasteiger partial charge in [0.15, 0.2) is 5.54 Å². The van der Waals surface area contributed by atoms with E-state index >= 15 is 0 Å². The number of thioether (sulfide) groups is 1. The first-order valence-corrected chi connectivity index (χ1v) is 8.66. The van der Waals surface area contributed by atoms with Crippen molar-refractivity contribution >= 4 is 29.3 Å². The smallest absolute Gasteiger partial charge is 0.331 e. The molecule has 0 aliphatic heterocycles. The third-order valence-electron chi connectivity index (χ3n) is 3.71.